The maximum atomic E-state index is 12.0. The Hall–Kier alpha value is -3.52. The molecule has 28 heavy (non-hydrogen) atoms. The summed E-state index contributed by atoms with van der Waals surface area (Å²) in [5, 5.41) is 31.7. The number of para-hydroxylation sites is 1. The van der Waals surface area contributed by atoms with Gasteiger partial charge in [-0.3, -0.25) is 4.79 Å². The van der Waals surface area contributed by atoms with Crippen molar-refractivity contribution in [1.29, 1.82) is 0 Å². The number of aromatic hydroxyl groups is 2. The van der Waals surface area contributed by atoms with Crippen LogP contribution in [-0.4, -0.2) is 22.3 Å². The van der Waals surface area contributed by atoms with Crippen molar-refractivity contribution in [3.63, 3.8) is 0 Å². The highest BCUT2D eigenvalue weighted by atomic mass is 79.9. The largest absolute Gasteiger partial charge is 0.507 e. The molecule has 0 aliphatic rings. The molecule has 0 radical (unpaired) electrons. The van der Waals surface area contributed by atoms with E-state index in [1.54, 1.807) is 24.3 Å². The Bertz CT molecular complexity index is 1070. The molecular formula is C20H15BrN4O3. The quantitative estimate of drug-likeness (QED) is 0.295. The molecule has 3 aromatic rings. The van der Waals surface area contributed by atoms with Crippen LogP contribution in [0, 0.1) is 0 Å². The lowest BCUT2D eigenvalue weighted by atomic mass is 10.2. The zero-order valence-corrected chi connectivity index (χ0v) is 16.0. The number of phenolic OH excluding ortho intramolecular Hbond substituents is 2. The van der Waals surface area contributed by atoms with Crippen LogP contribution >= 0.6 is 15.9 Å². The first kappa shape index (κ1) is 19.2. The van der Waals surface area contributed by atoms with Crippen LogP contribution in [-0.2, 0) is 0 Å². The molecule has 0 heterocycles. The van der Waals surface area contributed by atoms with Gasteiger partial charge in [0.15, 0.2) is 0 Å². The van der Waals surface area contributed by atoms with Gasteiger partial charge in [-0.05, 0) is 48.5 Å². The van der Waals surface area contributed by atoms with Gasteiger partial charge in [0.2, 0.25) is 0 Å². The predicted octanol–water partition coefficient (Wildman–Crippen LogP) is 5.04. The van der Waals surface area contributed by atoms with Crippen molar-refractivity contribution in [3.8, 4) is 11.5 Å². The second-order valence-corrected chi connectivity index (χ2v) is 6.55. The van der Waals surface area contributed by atoms with E-state index >= 15 is 0 Å². The molecule has 0 aromatic heterocycles. The van der Waals surface area contributed by atoms with E-state index < -0.39 is 5.91 Å². The highest BCUT2D eigenvalue weighted by molar-refractivity contribution is 9.10. The highest BCUT2D eigenvalue weighted by Crippen LogP contribution is 2.25. The number of azo groups is 1. The fraction of sp³-hybridized carbons (Fsp3) is 0. The number of phenols is 2. The minimum Gasteiger partial charge on any atom is -0.507 e. The number of nitrogens with zero attached hydrogens (tertiary/aromatic N) is 3. The maximum Gasteiger partial charge on any atom is 0.275 e. The lowest BCUT2D eigenvalue weighted by Crippen LogP contribution is -2.17. The molecule has 7 nitrogen and oxygen atoms in total. The average Bonchev–Trinajstić information content (AvgIpc) is 2.68. The molecule has 0 aliphatic heterocycles. The third-order valence-corrected chi connectivity index (χ3v) is 4.11. The molecule has 0 unspecified atom stereocenters. The number of hydrogen-bond acceptors (Lipinski definition) is 6. The zero-order valence-electron chi connectivity index (χ0n) is 14.5. The minimum atomic E-state index is -0.570. The first-order valence-corrected chi connectivity index (χ1v) is 8.94. The average molecular weight is 439 g/mol. The highest BCUT2D eigenvalue weighted by Gasteiger charge is 2.08. The van der Waals surface area contributed by atoms with E-state index in [4.69, 9.17) is 0 Å². The van der Waals surface area contributed by atoms with Crippen LogP contribution in [0.3, 0.4) is 0 Å². The van der Waals surface area contributed by atoms with Gasteiger partial charge in [-0.2, -0.15) is 15.3 Å². The fourth-order valence-electron chi connectivity index (χ4n) is 2.25. The van der Waals surface area contributed by atoms with Gasteiger partial charge in [0.1, 0.15) is 11.5 Å². The predicted molar refractivity (Wildman–Crippen MR) is 110 cm³/mol. The number of nitrogens with one attached hydrogen (secondary N) is 1. The van der Waals surface area contributed by atoms with Gasteiger partial charge >= 0.3 is 0 Å². The molecular weight excluding hydrogens is 424 g/mol. The van der Waals surface area contributed by atoms with E-state index in [2.05, 4.69) is 36.7 Å². The number of hydrazone groups is 1. The Kier molecular flexibility index (Phi) is 6.13. The third kappa shape index (κ3) is 5.01. The monoisotopic (exact) mass is 438 g/mol. The van der Waals surface area contributed by atoms with Crippen LogP contribution in [0.2, 0.25) is 0 Å². The number of halogens is 1. The van der Waals surface area contributed by atoms with Crippen LogP contribution in [0.25, 0.3) is 0 Å². The van der Waals surface area contributed by atoms with E-state index in [9.17, 15) is 15.0 Å². The molecule has 0 spiro atoms. The molecule has 0 saturated heterocycles. The Morgan fingerprint density at radius 2 is 1.64 bits per heavy atom. The summed E-state index contributed by atoms with van der Waals surface area (Å²) in [6.45, 7) is 0. The van der Waals surface area contributed by atoms with Gasteiger partial charge in [0, 0.05) is 10.0 Å². The van der Waals surface area contributed by atoms with Crippen LogP contribution in [0.4, 0.5) is 11.4 Å². The van der Waals surface area contributed by atoms with Crippen molar-refractivity contribution in [3.05, 3.63) is 82.3 Å². The summed E-state index contributed by atoms with van der Waals surface area (Å²) in [6, 6.07) is 18.1. The molecule has 1 amide bonds. The zero-order chi connectivity index (χ0) is 19.9. The molecule has 0 fully saturated rings. The summed E-state index contributed by atoms with van der Waals surface area (Å²) in [4.78, 5) is 12.0. The third-order valence-electron chi connectivity index (χ3n) is 3.62. The van der Waals surface area contributed by atoms with Gasteiger partial charge in [-0.15, -0.1) is 0 Å². The molecule has 3 N–H and O–H groups in total. The van der Waals surface area contributed by atoms with E-state index in [0.717, 1.165) is 4.47 Å². The van der Waals surface area contributed by atoms with E-state index in [1.807, 2.05) is 24.3 Å². The number of carbonyl (C=O) groups is 1. The minimum absolute atomic E-state index is 0.0260. The number of amides is 1. The van der Waals surface area contributed by atoms with Crippen molar-refractivity contribution >= 4 is 39.4 Å². The van der Waals surface area contributed by atoms with Crippen molar-refractivity contribution in [2.24, 2.45) is 15.3 Å². The lowest BCUT2D eigenvalue weighted by Gasteiger charge is -2.03. The second kappa shape index (κ2) is 8.92. The Morgan fingerprint density at radius 3 is 2.39 bits per heavy atom. The number of hydrogen-bond donors (Lipinski definition) is 3. The summed E-state index contributed by atoms with van der Waals surface area (Å²) in [5.41, 5.74) is 3.93. The van der Waals surface area contributed by atoms with Gasteiger partial charge in [-0.25, -0.2) is 5.43 Å². The Labute approximate surface area is 169 Å². The van der Waals surface area contributed by atoms with Crippen molar-refractivity contribution < 1.29 is 15.0 Å². The van der Waals surface area contributed by atoms with Gasteiger partial charge in [0.05, 0.1) is 23.2 Å². The Morgan fingerprint density at radius 1 is 0.893 bits per heavy atom. The number of rotatable bonds is 5. The van der Waals surface area contributed by atoms with Crippen molar-refractivity contribution in [1.82, 2.24) is 5.43 Å². The second-order valence-electron chi connectivity index (χ2n) is 5.64. The van der Waals surface area contributed by atoms with E-state index in [-0.39, 0.29) is 17.1 Å². The van der Waals surface area contributed by atoms with Gasteiger partial charge in [-0.1, -0.05) is 34.1 Å². The molecule has 0 bridgehead atoms. The molecule has 3 rings (SSSR count). The van der Waals surface area contributed by atoms with Crippen LogP contribution in [0.15, 0.2) is 86.5 Å². The van der Waals surface area contributed by atoms with Crippen molar-refractivity contribution in [2.45, 2.75) is 0 Å². The molecule has 3 aromatic carbocycles. The summed E-state index contributed by atoms with van der Waals surface area (Å²) < 4.78 is 0.891. The Balaban J connectivity index is 1.72. The topological polar surface area (TPSA) is 107 Å². The smallest absolute Gasteiger partial charge is 0.275 e. The molecule has 0 atom stereocenters. The van der Waals surface area contributed by atoms with Gasteiger partial charge < -0.3 is 10.2 Å². The van der Waals surface area contributed by atoms with Gasteiger partial charge in [0.25, 0.3) is 5.91 Å². The number of carbonyl (C=O) groups excluding carboxylic acids is 1. The van der Waals surface area contributed by atoms with Crippen LogP contribution < -0.4 is 5.43 Å². The van der Waals surface area contributed by atoms with Crippen LogP contribution in [0.5, 0.6) is 11.5 Å². The summed E-state index contributed by atoms with van der Waals surface area (Å²) in [7, 11) is 0. The summed E-state index contributed by atoms with van der Waals surface area (Å²) in [5.74, 6) is -0.741. The number of benzene rings is 3. The first-order chi connectivity index (χ1) is 13.5. The fourth-order valence-corrected chi connectivity index (χ4v) is 2.63. The normalized spacial score (nSPS) is 11.2. The maximum absolute atomic E-state index is 12.0. The van der Waals surface area contributed by atoms with Crippen molar-refractivity contribution in [2.75, 3.05) is 0 Å². The summed E-state index contributed by atoms with van der Waals surface area (Å²) in [6.07, 6.45) is 1.28. The molecule has 0 saturated carbocycles. The summed E-state index contributed by atoms with van der Waals surface area (Å²) >= 11 is 3.37. The molecule has 8 heteroatoms. The first-order valence-electron chi connectivity index (χ1n) is 8.14. The van der Waals surface area contributed by atoms with E-state index in [0.29, 0.717) is 16.9 Å². The van der Waals surface area contributed by atoms with Crippen LogP contribution in [0.1, 0.15) is 15.9 Å². The van der Waals surface area contributed by atoms with E-state index in [1.165, 1.54) is 24.4 Å². The SMILES string of the molecule is O=C(N/N=C/c1cc(N=Nc2cccc(Br)c2)ccc1O)c1ccccc1O. The molecule has 140 valence electrons. The molecule has 0 aliphatic carbocycles. The lowest BCUT2D eigenvalue weighted by molar-refractivity contribution is 0.0952. The standard InChI is InChI=1S/C20H15BrN4O3/c21-14-4-3-5-15(11-14)23-24-16-8-9-18(26)13(10-16)12-22-25-20(28)17-6-1-2-7-19(17)27/h1-12,26-27H,(H,25,28)/b22-12+,24-23?.